The van der Waals surface area contributed by atoms with Gasteiger partial charge in [0, 0.05) is 36.2 Å². The van der Waals surface area contributed by atoms with Gasteiger partial charge in [0.1, 0.15) is 11.6 Å². The molecule has 6 heteroatoms. The van der Waals surface area contributed by atoms with E-state index in [4.69, 9.17) is 16.6 Å². The van der Waals surface area contributed by atoms with Crippen LogP contribution in [0, 0.1) is 5.82 Å². The second-order valence-electron chi connectivity index (χ2n) is 7.66. The van der Waals surface area contributed by atoms with Gasteiger partial charge in [-0.25, -0.2) is 9.37 Å². The molecule has 0 atom stereocenters. The van der Waals surface area contributed by atoms with Crippen molar-refractivity contribution >= 4 is 17.3 Å². The molecule has 2 aromatic carbocycles. The van der Waals surface area contributed by atoms with E-state index in [1.807, 2.05) is 31.3 Å². The minimum Gasteiger partial charge on any atom is -0.367 e. The van der Waals surface area contributed by atoms with Gasteiger partial charge < -0.3 is 9.47 Å². The number of hydrogen-bond acceptors (Lipinski definition) is 3. The van der Waals surface area contributed by atoms with Crippen LogP contribution >= 0.6 is 11.6 Å². The predicted molar refractivity (Wildman–Crippen MR) is 116 cm³/mol. The van der Waals surface area contributed by atoms with Crippen LogP contribution in [0.4, 0.5) is 10.1 Å². The number of nitrogens with zero attached hydrogens (tertiary/aromatic N) is 4. The summed E-state index contributed by atoms with van der Waals surface area (Å²) in [5.41, 5.74) is 3.06. The highest BCUT2D eigenvalue weighted by atomic mass is 35.5. The van der Waals surface area contributed by atoms with Crippen LogP contribution < -0.4 is 4.90 Å². The number of benzene rings is 2. The maximum absolute atomic E-state index is 13.3. The zero-order chi connectivity index (χ0) is 20.2. The first-order valence-corrected chi connectivity index (χ1v) is 10.5. The van der Waals surface area contributed by atoms with E-state index in [0.29, 0.717) is 11.6 Å². The van der Waals surface area contributed by atoms with Crippen molar-refractivity contribution in [3.63, 3.8) is 0 Å². The van der Waals surface area contributed by atoms with Gasteiger partial charge in [0.25, 0.3) is 0 Å². The van der Waals surface area contributed by atoms with E-state index in [1.165, 1.54) is 31.4 Å². The molecule has 0 bridgehead atoms. The van der Waals surface area contributed by atoms with E-state index in [9.17, 15) is 4.39 Å². The van der Waals surface area contributed by atoms with Gasteiger partial charge in [-0.15, -0.1) is 0 Å². The molecular formula is C23H26ClFN4. The van der Waals surface area contributed by atoms with E-state index in [2.05, 4.69) is 20.6 Å². The van der Waals surface area contributed by atoms with E-state index in [-0.39, 0.29) is 5.82 Å². The molecule has 4 nitrogen and oxygen atoms in total. The predicted octanol–water partition coefficient (Wildman–Crippen LogP) is 5.29. The zero-order valence-corrected chi connectivity index (χ0v) is 17.4. The number of hydrogen-bond donors (Lipinski definition) is 0. The lowest BCUT2D eigenvalue weighted by Gasteiger charge is -2.25. The minimum atomic E-state index is -0.228. The van der Waals surface area contributed by atoms with Crippen molar-refractivity contribution < 1.29 is 4.39 Å². The molecule has 1 aliphatic heterocycles. The van der Waals surface area contributed by atoms with Crippen LogP contribution in [0.15, 0.2) is 54.7 Å². The van der Waals surface area contributed by atoms with Crippen LogP contribution in [-0.4, -0.2) is 34.6 Å². The molecule has 1 aliphatic rings. The number of imidazole rings is 1. The number of aromatic nitrogens is 2. The van der Waals surface area contributed by atoms with Crippen molar-refractivity contribution in [2.24, 2.45) is 0 Å². The SMILES string of the molecule is CN(Cc1nc(CN2CCCCC2)cn1-c1ccc(Cl)cc1)c1ccc(F)cc1. The molecule has 3 aromatic rings. The Morgan fingerprint density at radius 1 is 1.00 bits per heavy atom. The maximum atomic E-state index is 13.3. The molecule has 152 valence electrons. The first kappa shape index (κ1) is 19.9. The summed E-state index contributed by atoms with van der Waals surface area (Å²) in [5, 5.41) is 0.715. The Hall–Kier alpha value is -2.37. The first-order valence-electron chi connectivity index (χ1n) is 10.1. The second-order valence-corrected chi connectivity index (χ2v) is 8.10. The van der Waals surface area contributed by atoms with Crippen molar-refractivity contribution in [3.05, 3.63) is 77.1 Å². The van der Waals surface area contributed by atoms with Gasteiger partial charge >= 0.3 is 0 Å². The van der Waals surface area contributed by atoms with E-state index in [1.54, 1.807) is 12.1 Å². The van der Waals surface area contributed by atoms with E-state index >= 15 is 0 Å². The fourth-order valence-corrected chi connectivity index (χ4v) is 3.96. The van der Waals surface area contributed by atoms with Gasteiger partial charge in [0.05, 0.1) is 12.2 Å². The Balaban J connectivity index is 1.60. The van der Waals surface area contributed by atoms with Crippen molar-refractivity contribution in [3.8, 4) is 5.69 Å². The fourth-order valence-electron chi connectivity index (χ4n) is 3.83. The van der Waals surface area contributed by atoms with E-state index < -0.39 is 0 Å². The molecule has 2 heterocycles. The Labute approximate surface area is 176 Å². The van der Waals surface area contributed by atoms with Crippen LogP contribution in [0.1, 0.15) is 30.8 Å². The third kappa shape index (κ3) is 4.98. The first-order chi connectivity index (χ1) is 14.1. The van der Waals surface area contributed by atoms with Gasteiger partial charge in [-0.1, -0.05) is 18.0 Å². The summed E-state index contributed by atoms with van der Waals surface area (Å²) in [6, 6.07) is 14.4. The quantitative estimate of drug-likeness (QED) is 0.550. The van der Waals surface area contributed by atoms with Crippen LogP contribution in [-0.2, 0) is 13.1 Å². The third-order valence-electron chi connectivity index (χ3n) is 5.41. The minimum absolute atomic E-state index is 0.228. The smallest absolute Gasteiger partial charge is 0.133 e. The van der Waals surface area contributed by atoms with Gasteiger partial charge in [0.15, 0.2) is 0 Å². The molecule has 1 aromatic heterocycles. The Morgan fingerprint density at radius 2 is 1.69 bits per heavy atom. The molecular weight excluding hydrogens is 387 g/mol. The summed E-state index contributed by atoms with van der Waals surface area (Å²) < 4.78 is 15.4. The molecule has 1 saturated heterocycles. The van der Waals surface area contributed by atoms with Gasteiger partial charge in [-0.05, 0) is 74.5 Å². The number of halogens is 2. The topological polar surface area (TPSA) is 24.3 Å². The molecule has 0 amide bonds. The van der Waals surface area contributed by atoms with Crippen molar-refractivity contribution in [1.29, 1.82) is 0 Å². The lowest BCUT2D eigenvalue weighted by Crippen LogP contribution is -2.29. The van der Waals surface area contributed by atoms with Crippen LogP contribution in [0.25, 0.3) is 5.69 Å². The summed E-state index contributed by atoms with van der Waals surface area (Å²) in [6.07, 6.45) is 5.98. The summed E-state index contributed by atoms with van der Waals surface area (Å²) in [6.45, 7) is 3.76. The normalized spacial score (nSPS) is 14.9. The lowest BCUT2D eigenvalue weighted by molar-refractivity contribution is 0.218. The Morgan fingerprint density at radius 3 is 2.38 bits per heavy atom. The summed E-state index contributed by atoms with van der Waals surface area (Å²) in [7, 11) is 2.00. The van der Waals surface area contributed by atoms with Crippen molar-refractivity contribution in [2.75, 3.05) is 25.0 Å². The standard InChI is InChI=1S/C23H26ClFN4/c1-27(21-11-7-19(25)8-12-21)17-23-26-20(15-28-13-3-2-4-14-28)16-29(23)22-9-5-18(24)6-10-22/h5-12,16H,2-4,13-15,17H2,1H3. The monoisotopic (exact) mass is 412 g/mol. The van der Waals surface area contributed by atoms with Crippen LogP contribution in [0.2, 0.25) is 5.02 Å². The summed E-state index contributed by atoms with van der Waals surface area (Å²) in [5.74, 6) is 0.722. The second kappa shape index (κ2) is 8.97. The summed E-state index contributed by atoms with van der Waals surface area (Å²) >= 11 is 6.08. The molecule has 29 heavy (non-hydrogen) atoms. The van der Waals surface area contributed by atoms with Crippen LogP contribution in [0.5, 0.6) is 0 Å². The average Bonchev–Trinajstić information content (AvgIpc) is 3.11. The summed E-state index contributed by atoms with van der Waals surface area (Å²) in [4.78, 5) is 9.52. The molecule has 0 spiro atoms. The average molecular weight is 413 g/mol. The molecule has 0 aliphatic carbocycles. The van der Waals surface area contributed by atoms with Crippen molar-refractivity contribution in [1.82, 2.24) is 14.5 Å². The molecule has 4 rings (SSSR count). The van der Waals surface area contributed by atoms with Gasteiger partial charge in [-0.2, -0.15) is 0 Å². The number of rotatable bonds is 6. The van der Waals surface area contributed by atoms with E-state index in [0.717, 1.165) is 42.5 Å². The Kier molecular flexibility index (Phi) is 6.16. The maximum Gasteiger partial charge on any atom is 0.133 e. The largest absolute Gasteiger partial charge is 0.367 e. The molecule has 0 radical (unpaired) electrons. The molecule has 0 N–H and O–H groups in total. The fraction of sp³-hybridized carbons (Fsp3) is 0.348. The molecule has 1 fully saturated rings. The lowest BCUT2D eigenvalue weighted by atomic mass is 10.1. The number of piperidine rings is 1. The molecule has 0 saturated carbocycles. The molecule has 0 unspecified atom stereocenters. The highest BCUT2D eigenvalue weighted by Crippen LogP contribution is 2.21. The number of likely N-dealkylation sites (tertiary alicyclic amines) is 1. The third-order valence-corrected chi connectivity index (χ3v) is 5.67. The van der Waals surface area contributed by atoms with Gasteiger partial charge in [-0.3, -0.25) is 4.90 Å². The highest BCUT2D eigenvalue weighted by molar-refractivity contribution is 6.30. The van der Waals surface area contributed by atoms with Gasteiger partial charge in [0.2, 0.25) is 0 Å². The number of anilines is 1. The van der Waals surface area contributed by atoms with Crippen LogP contribution in [0.3, 0.4) is 0 Å². The highest BCUT2D eigenvalue weighted by Gasteiger charge is 2.16. The Bertz CT molecular complexity index is 931. The van der Waals surface area contributed by atoms with Crippen molar-refractivity contribution in [2.45, 2.75) is 32.4 Å². The zero-order valence-electron chi connectivity index (χ0n) is 16.7.